The Labute approximate surface area is 74.2 Å². The van der Waals surface area contributed by atoms with Crippen LogP contribution < -0.4 is 5.73 Å². The second-order valence-electron chi connectivity index (χ2n) is 4.13. The minimum atomic E-state index is -4.14. The highest BCUT2D eigenvalue weighted by Crippen LogP contribution is 2.59. The summed E-state index contributed by atoms with van der Waals surface area (Å²) in [4.78, 5) is 0. The third kappa shape index (κ3) is 1.10. The Balaban J connectivity index is 2.23. The van der Waals surface area contributed by atoms with Gasteiger partial charge in [-0.1, -0.05) is 0 Å². The first-order chi connectivity index (χ1) is 5.93. The van der Waals surface area contributed by atoms with Gasteiger partial charge in [0, 0.05) is 6.54 Å². The van der Waals surface area contributed by atoms with Crippen molar-refractivity contribution in [1.82, 2.24) is 0 Å². The Morgan fingerprint density at radius 1 is 1.31 bits per heavy atom. The van der Waals surface area contributed by atoms with Gasteiger partial charge in [-0.05, 0) is 19.3 Å². The van der Waals surface area contributed by atoms with E-state index in [0.29, 0.717) is 6.42 Å². The minimum Gasteiger partial charge on any atom is -0.373 e. The maximum atomic E-state index is 12.6. The zero-order valence-corrected chi connectivity index (χ0v) is 7.16. The Bertz CT molecular complexity index is 218. The molecule has 2 atom stereocenters. The van der Waals surface area contributed by atoms with Crippen LogP contribution in [0, 0.1) is 5.41 Å². The molecule has 0 aromatic rings. The molecule has 13 heavy (non-hydrogen) atoms. The van der Waals surface area contributed by atoms with Crippen LogP contribution in [-0.2, 0) is 4.74 Å². The van der Waals surface area contributed by atoms with Crippen molar-refractivity contribution < 1.29 is 17.9 Å². The molecule has 0 aromatic heterocycles. The van der Waals surface area contributed by atoms with Crippen molar-refractivity contribution in [2.75, 3.05) is 13.2 Å². The molecule has 0 amide bonds. The number of halogens is 3. The van der Waals surface area contributed by atoms with Gasteiger partial charge < -0.3 is 10.5 Å². The summed E-state index contributed by atoms with van der Waals surface area (Å²) in [5.74, 6) is 0. The lowest BCUT2D eigenvalue weighted by molar-refractivity contribution is -0.227. The summed E-state index contributed by atoms with van der Waals surface area (Å²) in [5.41, 5.74) is 3.15. The SMILES string of the molecule is NCC12CCC(C(F)(F)F)(CO1)C2. The van der Waals surface area contributed by atoms with E-state index in [4.69, 9.17) is 10.5 Å². The summed E-state index contributed by atoms with van der Waals surface area (Å²) in [6.07, 6.45) is -3.46. The van der Waals surface area contributed by atoms with Crippen molar-refractivity contribution in [3.8, 4) is 0 Å². The van der Waals surface area contributed by atoms with Gasteiger partial charge in [-0.25, -0.2) is 0 Å². The van der Waals surface area contributed by atoms with E-state index in [1.54, 1.807) is 0 Å². The van der Waals surface area contributed by atoms with Crippen molar-refractivity contribution in [1.29, 1.82) is 0 Å². The van der Waals surface area contributed by atoms with E-state index in [1.165, 1.54) is 0 Å². The van der Waals surface area contributed by atoms with Gasteiger partial charge in [0.25, 0.3) is 0 Å². The number of hydrogen-bond donors (Lipinski definition) is 1. The van der Waals surface area contributed by atoms with Crippen LogP contribution in [0.25, 0.3) is 0 Å². The highest BCUT2D eigenvalue weighted by Gasteiger charge is 2.67. The van der Waals surface area contributed by atoms with Crippen molar-refractivity contribution in [2.24, 2.45) is 11.1 Å². The molecule has 1 aliphatic heterocycles. The minimum absolute atomic E-state index is 0.0556. The molecule has 2 aliphatic rings. The van der Waals surface area contributed by atoms with Crippen LogP contribution in [0.3, 0.4) is 0 Å². The van der Waals surface area contributed by atoms with E-state index < -0.39 is 17.2 Å². The first kappa shape index (κ1) is 9.27. The molecule has 1 saturated heterocycles. The molecule has 0 aromatic carbocycles. The molecule has 1 aliphatic carbocycles. The fourth-order valence-electron chi connectivity index (χ4n) is 2.36. The highest BCUT2D eigenvalue weighted by atomic mass is 19.4. The second kappa shape index (κ2) is 2.39. The van der Waals surface area contributed by atoms with Crippen LogP contribution >= 0.6 is 0 Å². The average Bonchev–Trinajstić information content (AvgIpc) is 2.60. The smallest absolute Gasteiger partial charge is 0.373 e. The first-order valence-electron chi connectivity index (χ1n) is 4.34. The zero-order valence-electron chi connectivity index (χ0n) is 7.16. The molecule has 2 unspecified atom stereocenters. The van der Waals surface area contributed by atoms with Crippen LogP contribution in [0.2, 0.25) is 0 Å². The van der Waals surface area contributed by atoms with Crippen molar-refractivity contribution >= 4 is 0 Å². The van der Waals surface area contributed by atoms with Gasteiger partial charge in [-0.3, -0.25) is 0 Å². The monoisotopic (exact) mass is 195 g/mol. The summed E-state index contributed by atoms with van der Waals surface area (Å²) in [6, 6.07) is 0. The number of rotatable bonds is 1. The molecule has 5 heteroatoms. The predicted molar refractivity (Wildman–Crippen MR) is 40.1 cm³/mol. The fraction of sp³-hybridized carbons (Fsp3) is 1.00. The van der Waals surface area contributed by atoms with Crippen molar-refractivity contribution in [2.45, 2.75) is 31.0 Å². The van der Waals surface area contributed by atoms with Crippen LogP contribution in [0.1, 0.15) is 19.3 Å². The van der Waals surface area contributed by atoms with Gasteiger partial charge in [-0.15, -0.1) is 0 Å². The fourth-order valence-corrected chi connectivity index (χ4v) is 2.36. The number of hydrogen-bond acceptors (Lipinski definition) is 2. The summed E-state index contributed by atoms with van der Waals surface area (Å²) < 4.78 is 43.1. The Kier molecular flexibility index (Phi) is 1.70. The molecule has 1 saturated carbocycles. The summed E-state index contributed by atoms with van der Waals surface area (Å²) in [6.45, 7) is -0.00146. The number of alkyl halides is 3. The lowest BCUT2D eigenvalue weighted by Crippen LogP contribution is -2.37. The van der Waals surface area contributed by atoms with Crippen LogP contribution in [-0.4, -0.2) is 24.9 Å². The van der Waals surface area contributed by atoms with E-state index >= 15 is 0 Å². The lowest BCUT2D eigenvalue weighted by atomic mass is 9.87. The molecular formula is C8H12F3NO. The maximum absolute atomic E-state index is 12.6. The average molecular weight is 195 g/mol. The molecule has 2 N–H and O–H groups in total. The van der Waals surface area contributed by atoms with E-state index in [1.807, 2.05) is 0 Å². The van der Waals surface area contributed by atoms with Crippen molar-refractivity contribution in [3.63, 3.8) is 0 Å². The standard InChI is InChI=1S/C8H12F3NO/c9-8(10,11)6-1-2-7(3-6,4-12)13-5-6/h1-5,12H2. The zero-order chi connectivity index (χ0) is 9.74. The molecule has 0 radical (unpaired) electrons. The normalized spacial score (nSPS) is 44.3. The maximum Gasteiger partial charge on any atom is 0.396 e. The second-order valence-corrected chi connectivity index (χ2v) is 4.13. The van der Waals surface area contributed by atoms with Gasteiger partial charge >= 0.3 is 6.18 Å². The van der Waals surface area contributed by atoms with E-state index in [-0.39, 0.29) is 26.0 Å². The van der Waals surface area contributed by atoms with Crippen LogP contribution in [0.5, 0.6) is 0 Å². The first-order valence-corrected chi connectivity index (χ1v) is 4.34. The topological polar surface area (TPSA) is 35.2 Å². The molecule has 2 fully saturated rings. The van der Waals surface area contributed by atoms with Gasteiger partial charge in [-0.2, -0.15) is 13.2 Å². The predicted octanol–water partition coefficient (Wildman–Crippen LogP) is 1.45. The summed E-state index contributed by atoms with van der Waals surface area (Å²) in [5, 5.41) is 0. The summed E-state index contributed by atoms with van der Waals surface area (Å²) in [7, 11) is 0. The van der Waals surface area contributed by atoms with E-state index in [9.17, 15) is 13.2 Å². The van der Waals surface area contributed by atoms with Gasteiger partial charge in [0.15, 0.2) is 0 Å². The van der Waals surface area contributed by atoms with Gasteiger partial charge in [0.2, 0.25) is 0 Å². The van der Waals surface area contributed by atoms with E-state index in [0.717, 1.165) is 0 Å². The molecule has 1 heterocycles. The molecule has 2 rings (SSSR count). The number of fused-ring (bicyclic) bond motifs is 2. The Hall–Kier alpha value is -0.290. The third-order valence-electron chi connectivity index (χ3n) is 3.35. The van der Waals surface area contributed by atoms with Crippen LogP contribution in [0.4, 0.5) is 13.2 Å². The van der Waals surface area contributed by atoms with Crippen molar-refractivity contribution in [3.05, 3.63) is 0 Å². The largest absolute Gasteiger partial charge is 0.396 e. The Morgan fingerprint density at radius 3 is 2.23 bits per heavy atom. The Morgan fingerprint density at radius 2 is 2.00 bits per heavy atom. The van der Waals surface area contributed by atoms with Crippen LogP contribution in [0.15, 0.2) is 0 Å². The molecule has 0 spiro atoms. The third-order valence-corrected chi connectivity index (χ3v) is 3.35. The number of nitrogens with two attached hydrogens (primary N) is 1. The quantitative estimate of drug-likeness (QED) is 0.687. The lowest BCUT2D eigenvalue weighted by Gasteiger charge is -2.29. The van der Waals surface area contributed by atoms with Gasteiger partial charge in [0.05, 0.1) is 17.6 Å². The van der Waals surface area contributed by atoms with E-state index in [2.05, 4.69) is 0 Å². The molecule has 76 valence electrons. The molecule has 2 bridgehead atoms. The molecule has 2 nitrogen and oxygen atoms in total. The highest BCUT2D eigenvalue weighted by molar-refractivity contribution is 5.08. The number of ether oxygens (including phenoxy) is 1. The summed E-state index contributed by atoms with van der Waals surface area (Å²) >= 11 is 0. The molecular weight excluding hydrogens is 183 g/mol. The van der Waals surface area contributed by atoms with Gasteiger partial charge in [0.1, 0.15) is 0 Å².